The van der Waals surface area contributed by atoms with Crippen molar-refractivity contribution in [2.75, 3.05) is 0 Å². The van der Waals surface area contributed by atoms with Gasteiger partial charge in [0.1, 0.15) is 0 Å². The summed E-state index contributed by atoms with van der Waals surface area (Å²) in [6.07, 6.45) is 0. The first-order chi connectivity index (χ1) is 13.5. The van der Waals surface area contributed by atoms with Gasteiger partial charge < -0.3 is 0 Å². The molecule has 2 aromatic carbocycles. The van der Waals surface area contributed by atoms with E-state index in [2.05, 4.69) is 76.2 Å². The van der Waals surface area contributed by atoms with E-state index in [1.807, 2.05) is 12.1 Å². The van der Waals surface area contributed by atoms with Crippen LogP contribution in [-0.2, 0) is 0 Å². The molecule has 0 saturated heterocycles. The fourth-order valence-electron chi connectivity index (χ4n) is 3.74. The van der Waals surface area contributed by atoms with Crippen LogP contribution >= 0.6 is 16.4 Å². The molecule has 4 aromatic rings. The number of hydrogen-bond acceptors (Lipinski definition) is 1. The van der Waals surface area contributed by atoms with Crippen molar-refractivity contribution >= 4 is 22.2 Å². The molecule has 1 nitrogen and oxygen atoms in total. The number of carbonyl (C=O) groups is 1. The highest BCUT2D eigenvalue weighted by atomic mass is 31.0. The summed E-state index contributed by atoms with van der Waals surface area (Å²) < 4.78 is 0. The average molecular weight is 402 g/mol. The van der Waals surface area contributed by atoms with Gasteiger partial charge in [-0.05, 0) is 61.1 Å². The molecule has 0 saturated carbocycles. The van der Waals surface area contributed by atoms with Crippen LogP contribution in [0.15, 0.2) is 60.7 Å². The van der Waals surface area contributed by atoms with Crippen LogP contribution in [-0.4, -0.2) is 5.78 Å². The van der Waals surface area contributed by atoms with Crippen molar-refractivity contribution in [1.29, 1.82) is 0 Å². The van der Waals surface area contributed by atoms with E-state index in [4.69, 9.17) is 0 Å². The van der Waals surface area contributed by atoms with Crippen molar-refractivity contribution in [3.05, 3.63) is 93.5 Å². The van der Waals surface area contributed by atoms with Crippen LogP contribution in [0, 0.1) is 27.7 Å². The number of ketones is 1. The predicted octanol–water partition coefficient (Wildman–Crippen LogP) is 7.55. The van der Waals surface area contributed by atoms with E-state index in [0.717, 1.165) is 21.7 Å². The molecule has 0 bridgehead atoms. The van der Waals surface area contributed by atoms with Crippen molar-refractivity contribution in [3.63, 3.8) is 0 Å². The van der Waals surface area contributed by atoms with Gasteiger partial charge in [-0.15, -0.1) is 16.4 Å². The quantitative estimate of drug-likeness (QED) is 0.322. The average Bonchev–Trinajstić information content (AvgIpc) is 3.20. The van der Waals surface area contributed by atoms with Gasteiger partial charge >= 0.3 is 0 Å². The molecule has 0 radical (unpaired) electrons. The summed E-state index contributed by atoms with van der Waals surface area (Å²) in [4.78, 5) is 13.6. The Labute approximate surface area is 170 Å². The predicted molar refractivity (Wildman–Crippen MR) is 125 cm³/mol. The van der Waals surface area contributed by atoms with E-state index in [1.54, 1.807) is 0 Å². The molecule has 2 atom stereocenters. The van der Waals surface area contributed by atoms with E-state index in [1.165, 1.54) is 32.8 Å². The molecule has 0 N–H and O–H groups in total. The summed E-state index contributed by atoms with van der Waals surface area (Å²) in [6.45, 7) is 8.53. The SMILES string of the molecule is Cc1c(C(=O)c2[pH]c(-c3ccccc3)c(C)c2C)[pH]c(-c2ccccc2)c1C. The van der Waals surface area contributed by atoms with Crippen molar-refractivity contribution < 1.29 is 4.79 Å². The Hall–Kier alpha value is -2.33. The number of carbonyl (C=O) groups excluding carboxylic acids is 1. The topological polar surface area (TPSA) is 17.1 Å². The molecule has 2 unspecified atom stereocenters. The molecule has 0 aliphatic heterocycles. The minimum absolute atomic E-state index is 0.252. The Morgan fingerprint density at radius 3 is 1.29 bits per heavy atom. The molecular formula is C25H24OP2. The zero-order valence-corrected chi connectivity index (χ0v) is 18.7. The zero-order chi connectivity index (χ0) is 19.8. The Balaban J connectivity index is 1.79. The first kappa shape index (κ1) is 19.0. The maximum atomic E-state index is 13.6. The zero-order valence-electron chi connectivity index (χ0n) is 16.7. The smallest absolute Gasteiger partial charge is 0.200 e. The first-order valence-electron chi connectivity index (χ1n) is 9.53. The fourth-order valence-corrected chi connectivity index (χ4v) is 6.97. The lowest BCUT2D eigenvalue weighted by Gasteiger charge is -2.01. The molecule has 28 heavy (non-hydrogen) atoms. The van der Waals surface area contributed by atoms with E-state index >= 15 is 0 Å². The molecule has 0 aliphatic carbocycles. The molecule has 0 aliphatic rings. The second-order valence-electron chi connectivity index (χ2n) is 7.31. The summed E-state index contributed by atoms with van der Waals surface area (Å²) in [5.41, 5.74) is 7.33. The van der Waals surface area contributed by atoms with E-state index < -0.39 is 0 Å². The number of hydrogen-bond donors (Lipinski definition) is 0. The highest BCUT2D eigenvalue weighted by molar-refractivity contribution is 7.39. The van der Waals surface area contributed by atoms with Crippen LogP contribution in [0.5, 0.6) is 0 Å². The van der Waals surface area contributed by atoms with Gasteiger partial charge in [0.25, 0.3) is 0 Å². The molecule has 2 heterocycles. The second kappa shape index (κ2) is 7.59. The third-order valence-corrected chi connectivity index (χ3v) is 9.24. The molecule has 0 fully saturated rings. The minimum atomic E-state index is 0.252. The lowest BCUT2D eigenvalue weighted by molar-refractivity contribution is 0.104. The summed E-state index contributed by atoms with van der Waals surface area (Å²) in [5, 5.41) is 4.63. The van der Waals surface area contributed by atoms with Gasteiger partial charge in [-0.3, -0.25) is 4.79 Å². The maximum Gasteiger partial charge on any atom is 0.200 e. The van der Waals surface area contributed by atoms with Crippen molar-refractivity contribution in [3.8, 4) is 21.7 Å². The van der Waals surface area contributed by atoms with Crippen LogP contribution in [0.1, 0.15) is 37.6 Å². The number of benzene rings is 2. The standard InChI is InChI=1S/C25H24OP2/c1-15-17(3)24(27-22(15)19-11-7-5-8-12-19)21(26)25-18(4)16(2)23(28-25)20-13-9-6-10-14-20/h5-14,27-28H,1-4H3. The van der Waals surface area contributed by atoms with E-state index in [0.29, 0.717) is 16.4 Å². The first-order valence-corrected chi connectivity index (χ1v) is 11.5. The van der Waals surface area contributed by atoms with Crippen molar-refractivity contribution in [2.24, 2.45) is 0 Å². The molecule has 2 aromatic heterocycles. The van der Waals surface area contributed by atoms with Crippen LogP contribution in [0.4, 0.5) is 0 Å². The van der Waals surface area contributed by atoms with Gasteiger partial charge in [-0.1, -0.05) is 60.7 Å². The van der Waals surface area contributed by atoms with E-state index in [9.17, 15) is 4.79 Å². The maximum absolute atomic E-state index is 13.6. The minimum Gasteiger partial charge on any atom is -0.288 e. The van der Waals surface area contributed by atoms with Gasteiger partial charge in [-0.2, -0.15) is 0 Å². The summed E-state index contributed by atoms with van der Waals surface area (Å²) in [6, 6.07) is 20.9. The van der Waals surface area contributed by atoms with Crippen LogP contribution in [0.2, 0.25) is 0 Å². The van der Waals surface area contributed by atoms with Gasteiger partial charge in [0.15, 0.2) is 0 Å². The Kier molecular flexibility index (Phi) is 5.15. The fraction of sp³-hybridized carbons (Fsp3) is 0.160. The van der Waals surface area contributed by atoms with Crippen LogP contribution < -0.4 is 0 Å². The van der Waals surface area contributed by atoms with Crippen LogP contribution in [0.3, 0.4) is 0 Å². The van der Waals surface area contributed by atoms with Gasteiger partial charge in [0.05, 0.1) is 0 Å². The van der Waals surface area contributed by atoms with Crippen LogP contribution in [0.25, 0.3) is 21.7 Å². The Morgan fingerprint density at radius 1 is 0.571 bits per heavy atom. The number of rotatable bonds is 4. The second-order valence-corrected chi connectivity index (χ2v) is 9.81. The molecule has 0 amide bonds. The summed E-state index contributed by atoms with van der Waals surface area (Å²) in [7, 11) is 0.876. The third kappa shape index (κ3) is 3.20. The van der Waals surface area contributed by atoms with E-state index in [-0.39, 0.29) is 5.78 Å². The normalized spacial score (nSPS) is 11.6. The highest BCUT2D eigenvalue weighted by Gasteiger charge is 2.23. The summed E-state index contributed by atoms with van der Waals surface area (Å²) >= 11 is 0. The molecular weight excluding hydrogens is 378 g/mol. The third-order valence-electron chi connectivity index (χ3n) is 5.70. The van der Waals surface area contributed by atoms with Gasteiger partial charge in [-0.25, -0.2) is 0 Å². The van der Waals surface area contributed by atoms with Crippen molar-refractivity contribution in [2.45, 2.75) is 27.7 Å². The lowest BCUT2D eigenvalue weighted by atomic mass is 10.0. The monoisotopic (exact) mass is 402 g/mol. The Morgan fingerprint density at radius 2 is 0.929 bits per heavy atom. The van der Waals surface area contributed by atoms with Crippen molar-refractivity contribution in [1.82, 2.24) is 0 Å². The molecule has 0 spiro atoms. The molecule has 4 rings (SSSR count). The lowest BCUT2D eigenvalue weighted by Crippen LogP contribution is -1.99. The highest BCUT2D eigenvalue weighted by Crippen LogP contribution is 2.45. The Bertz CT molecular complexity index is 1060. The van der Waals surface area contributed by atoms with Gasteiger partial charge in [0, 0.05) is 21.2 Å². The largest absolute Gasteiger partial charge is 0.288 e. The molecule has 3 heteroatoms. The van der Waals surface area contributed by atoms with Gasteiger partial charge in [0.2, 0.25) is 5.78 Å². The summed E-state index contributed by atoms with van der Waals surface area (Å²) in [5.74, 6) is 0.252. The molecule has 140 valence electrons.